The fraction of sp³-hybridized carbons (Fsp3) is 0.562. The first kappa shape index (κ1) is 15.4. The average Bonchev–Trinajstić information content (AvgIpc) is 2.98. The molecule has 0 bridgehead atoms. The van der Waals surface area contributed by atoms with Crippen molar-refractivity contribution in [3.63, 3.8) is 0 Å². The summed E-state index contributed by atoms with van der Waals surface area (Å²) in [6.07, 6.45) is 0.583. The zero-order chi connectivity index (χ0) is 15.7. The summed E-state index contributed by atoms with van der Waals surface area (Å²) in [4.78, 5) is 13.9. The number of fused-ring (bicyclic) bond motifs is 1. The van der Waals surface area contributed by atoms with Crippen molar-refractivity contribution in [3.8, 4) is 0 Å². The lowest BCUT2D eigenvalue weighted by Gasteiger charge is -2.31. The smallest absolute Gasteiger partial charge is 0.444 e. The number of carbonyl (C=O) groups is 1. The van der Waals surface area contributed by atoms with Gasteiger partial charge in [-0.1, -0.05) is 18.2 Å². The summed E-state index contributed by atoms with van der Waals surface area (Å²) in [6, 6.07) is 6.22. The first-order chi connectivity index (χ1) is 10.4. The summed E-state index contributed by atoms with van der Waals surface area (Å²) >= 11 is 0. The van der Waals surface area contributed by atoms with E-state index in [0.29, 0.717) is 26.3 Å². The van der Waals surface area contributed by atoms with Crippen molar-refractivity contribution in [2.75, 3.05) is 19.8 Å². The van der Waals surface area contributed by atoms with Crippen molar-refractivity contribution in [3.05, 3.63) is 29.3 Å². The van der Waals surface area contributed by atoms with Gasteiger partial charge in [0.1, 0.15) is 5.60 Å². The molecule has 0 saturated carbocycles. The Balaban J connectivity index is 1.70. The third-order valence-corrected chi connectivity index (χ3v) is 3.79. The van der Waals surface area contributed by atoms with Crippen LogP contribution in [0.1, 0.15) is 31.9 Å². The molecule has 2 heterocycles. The SMILES string of the molecule is CC(C)(C)OC(=O)N1CCc2cc(B3OCCO3)ccc2C1. The van der Waals surface area contributed by atoms with E-state index in [4.69, 9.17) is 14.0 Å². The summed E-state index contributed by atoms with van der Waals surface area (Å²) in [6.45, 7) is 8.22. The minimum atomic E-state index is -0.460. The molecule has 1 amide bonds. The Hall–Kier alpha value is -1.53. The highest BCUT2D eigenvalue weighted by molar-refractivity contribution is 6.61. The Kier molecular flexibility index (Phi) is 4.15. The second-order valence-corrected chi connectivity index (χ2v) is 6.75. The first-order valence-corrected chi connectivity index (χ1v) is 7.75. The molecule has 0 aromatic heterocycles. The van der Waals surface area contributed by atoms with Gasteiger partial charge in [-0.05, 0) is 43.8 Å². The Morgan fingerprint density at radius 1 is 1.23 bits per heavy atom. The van der Waals surface area contributed by atoms with Gasteiger partial charge in [0, 0.05) is 13.1 Å². The lowest BCUT2D eigenvalue weighted by atomic mass is 9.77. The highest BCUT2D eigenvalue weighted by Crippen LogP contribution is 2.20. The molecule has 0 aliphatic carbocycles. The number of carbonyl (C=O) groups excluding carboxylic acids is 1. The number of rotatable bonds is 1. The van der Waals surface area contributed by atoms with Gasteiger partial charge in [-0.25, -0.2) is 4.79 Å². The van der Waals surface area contributed by atoms with Gasteiger partial charge >= 0.3 is 13.2 Å². The number of ether oxygens (including phenoxy) is 1. The molecule has 22 heavy (non-hydrogen) atoms. The van der Waals surface area contributed by atoms with Crippen LogP contribution < -0.4 is 5.46 Å². The van der Waals surface area contributed by atoms with Gasteiger partial charge in [-0.15, -0.1) is 0 Å². The van der Waals surface area contributed by atoms with E-state index in [1.165, 1.54) is 11.1 Å². The lowest BCUT2D eigenvalue weighted by molar-refractivity contribution is 0.0224. The van der Waals surface area contributed by atoms with E-state index in [-0.39, 0.29) is 13.2 Å². The van der Waals surface area contributed by atoms with E-state index in [0.717, 1.165) is 11.9 Å². The van der Waals surface area contributed by atoms with Crippen LogP contribution in [0, 0.1) is 0 Å². The minimum absolute atomic E-state index is 0.241. The van der Waals surface area contributed by atoms with E-state index >= 15 is 0 Å². The van der Waals surface area contributed by atoms with E-state index in [2.05, 4.69) is 12.1 Å². The molecule has 1 saturated heterocycles. The molecular formula is C16H22BNO4. The molecule has 1 fully saturated rings. The molecule has 0 N–H and O–H groups in total. The van der Waals surface area contributed by atoms with E-state index < -0.39 is 5.60 Å². The maximum Gasteiger partial charge on any atom is 0.494 e. The van der Waals surface area contributed by atoms with Gasteiger partial charge in [0.2, 0.25) is 0 Å². The third kappa shape index (κ3) is 3.44. The van der Waals surface area contributed by atoms with Crippen LogP contribution >= 0.6 is 0 Å². The van der Waals surface area contributed by atoms with Crippen LogP contribution in [0.2, 0.25) is 0 Å². The standard InChI is InChI=1S/C16H22BNO4/c1-16(2,3)22-15(19)18-7-6-12-10-14(5-4-13(12)11-18)17-20-8-9-21-17/h4-5,10H,6-9,11H2,1-3H3. The van der Waals surface area contributed by atoms with E-state index in [9.17, 15) is 4.79 Å². The first-order valence-electron chi connectivity index (χ1n) is 7.75. The molecule has 5 nitrogen and oxygen atoms in total. The van der Waals surface area contributed by atoms with Crippen molar-refractivity contribution < 1.29 is 18.8 Å². The van der Waals surface area contributed by atoms with Crippen molar-refractivity contribution in [1.82, 2.24) is 4.90 Å². The maximum absolute atomic E-state index is 12.2. The molecule has 2 aliphatic rings. The Labute approximate surface area is 131 Å². The monoisotopic (exact) mass is 303 g/mol. The molecular weight excluding hydrogens is 281 g/mol. The van der Waals surface area contributed by atoms with Crippen LogP contribution in [0.5, 0.6) is 0 Å². The van der Waals surface area contributed by atoms with Crippen molar-refractivity contribution >= 4 is 18.7 Å². The molecule has 3 rings (SSSR count). The average molecular weight is 303 g/mol. The van der Waals surface area contributed by atoms with Gasteiger partial charge in [0.05, 0.1) is 13.2 Å². The van der Waals surface area contributed by atoms with Crippen LogP contribution in [0.15, 0.2) is 18.2 Å². The Morgan fingerprint density at radius 2 is 1.95 bits per heavy atom. The largest absolute Gasteiger partial charge is 0.494 e. The summed E-state index contributed by atoms with van der Waals surface area (Å²) in [5.41, 5.74) is 3.02. The zero-order valence-electron chi connectivity index (χ0n) is 13.4. The molecule has 118 valence electrons. The highest BCUT2D eigenvalue weighted by atomic mass is 16.6. The normalized spacial score (nSPS) is 18.3. The second-order valence-electron chi connectivity index (χ2n) is 6.75. The number of nitrogens with zero attached hydrogens (tertiary/aromatic N) is 1. The second kappa shape index (κ2) is 5.93. The predicted octanol–water partition coefficient (Wildman–Crippen LogP) is 1.72. The molecule has 0 unspecified atom stereocenters. The molecule has 2 aliphatic heterocycles. The predicted molar refractivity (Wildman–Crippen MR) is 84.1 cm³/mol. The number of amides is 1. The highest BCUT2D eigenvalue weighted by Gasteiger charge is 2.29. The van der Waals surface area contributed by atoms with Crippen LogP contribution in [0.25, 0.3) is 0 Å². The maximum atomic E-state index is 12.2. The fourth-order valence-corrected chi connectivity index (χ4v) is 2.75. The quantitative estimate of drug-likeness (QED) is 0.741. The topological polar surface area (TPSA) is 48.0 Å². The summed E-state index contributed by atoms with van der Waals surface area (Å²) in [5, 5.41) is 0. The molecule has 1 aromatic carbocycles. The van der Waals surface area contributed by atoms with Gasteiger partial charge in [0.15, 0.2) is 0 Å². The van der Waals surface area contributed by atoms with Crippen molar-refractivity contribution in [1.29, 1.82) is 0 Å². The molecule has 0 radical (unpaired) electrons. The number of benzene rings is 1. The number of hydrogen-bond donors (Lipinski definition) is 0. The van der Waals surface area contributed by atoms with Crippen molar-refractivity contribution in [2.24, 2.45) is 0 Å². The van der Waals surface area contributed by atoms with Crippen LogP contribution in [0.4, 0.5) is 4.79 Å². The molecule has 1 aromatic rings. The van der Waals surface area contributed by atoms with Crippen LogP contribution in [-0.2, 0) is 27.0 Å². The van der Waals surface area contributed by atoms with Crippen LogP contribution in [-0.4, -0.2) is 43.5 Å². The lowest BCUT2D eigenvalue weighted by Crippen LogP contribution is -2.40. The number of hydrogen-bond acceptors (Lipinski definition) is 4. The van der Waals surface area contributed by atoms with Gasteiger partial charge in [0.25, 0.3) is 0 Å². The molecule has 0 atom stereocenters. The van der Waals surface area contributed by atoms with E-state index in [1.54, 1.807) is 4.90 Å². The summed E-state index contributed by atoms with van der Waals surface area (Å²) < 4.78 is 16.5. The molecule has 6 heteroatoms. The fourth-order valence-electron chi connectivity index (χ4n) is 2.75. The van der Waals surface area contributed by atoms with Gasteiger partial charge in [-0.2, -0.15) is 0 Å². The minimum Gasteiger partial charge on any atom is -0.444 e. The van der Waals surface area contributed by atoms with Crippen molar-refractivity contribution in [2.45, 2.75) is 39.3 Å². The molecule has 0 spiro atoms. The summed E-state index contributed by atoms with van der Waals surface area (Å²) in [5.74, 6) is 0. The summed E-state index contributed by atoms with van der Waals surface area (Å²) in [7, 11) is -0.241. The Bertz CT molecular complexity index is 564. The van der Waals surface area contributed by atoms with E-state index in [1.807, 2.05) is 26.8 Å². The Morgan fingerprint density at radius 3 is 2.64 bits per heavy atom. The third-order valence-electron chi connectivity index (χ3n) is 3.79. The zero-order valence-corrected chi connectivity index (χ0v) is 13.4. The van der Waals surface area contributed by atoms with Crippen LogP contribution in [0.3, 0.4) is 0 Å². The van der Waals surface area contributed by atoms with Gasteiger partial charge in [-0.3, -0.25) is 0 Å². The van der Waals surface area contributed by atoms with Gasteiger partial charge < -0.3 is 18.9 Å².